The molecule has 0 bridgehead atoms. The first-order valence-corrected chi connectivity index (χ1v) is 16.7. The van der Waals surface area contributed by atoms with E-state index in [1.807, 2.05) is 54.6 Å². The first-order valence-electron chi connectivity index (χ1n) is 14.8. The number of rotatable bonds is 9. The molecule has 12 heteroatoms. The lowest BCUT2D eigenvalue weighted by molar-refractivity contribution is -0.141. The Morgan fingerprint density at radius 3 is 2.18 bits per heavy atom. The van der Waals surface area contributed by atoms with Gasteiger partial charge in [-0.2, -0.15) is 0 Å². The van der Waals surface area contributed by atoms with E-state index in [9.17, 15) is 22.8 Å². The van der Waals surface area contributed by atoms with E-state index in [0.29, 0.717) is 38.2 Å². The number of amides is 3. The molecule has 0 saturated carbocycles. The fourth-order valence-corrected chi connectivity index (χ4v) is 6.68. The summed E-state index contributed by atoms with van der Waals surface area (Å²) in [5, 5.41) is 5.38. The number of para-hydroxylation sites is 1. The van der Waals surface area contributed by atoms with Gasteiger partial charge in [0.05, 0.1) is 25.2 Å². The highest BCUT2D eigenvalue weighted by molar-refractivity contribution is 7.92. The number of ether oxygens (including phenoxy) is 2. The maximum Gasteiger partial charge on any atom is 0.408 e. The van der Waals surface area contributed by atoms with Crippen LogP contribution in [0.5, 0.6) is 0 Å². The fourth-order valence-electron chi connectivity index (χ4n) is 5.68. The number of carbonyl (C=O) groups is 3. The summed E-state index contributed by atoms with van der Waals surface area (Å²) in [6, 6.07) is 16.0. The predicted octanol–water partition coefficient (Wildman–Crippen LogP) is 3.33. The minimum atomic E-state index is -3.46. The van der Waals surface area contributed by atoms with Gasteiger partial charge in [0.25, 0.3) is 0 Å². The second-order valence-corrected chi connectivity index (χ2v) is 15.1. The number of fused-ring (bicyclic) bond motifs is 2. The summed E-state index contributed by atoms with van der Waals surface area (Å²) in [4.78, 5) is 41.4. The molecule has 2 aromatic rings. The Kier molecular flexibility index (Phi) is 9.65. The molecule has 2 aliphatic heterocycles. The zero-order valence-electron chi connectivity index (χ0n) is 26.4. The lowest BCUT2D eigenvalue weighted by Crippen LogP contribution is -2.61. The molecule has 2 heterocycles. The van der Waals surface area contributed by atoms with E-state index in [1.54, 1.807) is 25.7 Å². The summed E-state index contributed by atoms with van der Waals surface area (Å²) in [6.07, 6.45) is 1.60. The van der Waals surface area contributed by atoms with Crippen molar-refractivity contribution in [3.05, 3.63) is 65.7 Å². The van der Waals surface area contributed by atoms with E-state index in [0.717, 1.165) is 11.1 Å². The Labute approximate surface area is 260 Å². The minimum Gasteiger partial charge on any atom is -0.444 e. The van der Waals surface area contributed by atoms with Crippen LogP contribution >= 0.6 is 0 Å². The SMILES string of the molecule is CC(C)(C)OC(=O)NC(C)(C)C(=O)NC(COCc1ccccc1)C(=O)N1CCC2(CC1)CN(S(C)(=O)=O)c1ccccc12. The predicted molar refractivity (Wildman–Crippen MR) is 168 cm³/mol. The Hall–Kier alpha value is -3.64. The van der Waals surface area contributed by atoms with Crippen molar-refractivity contribution in [2.24, 2.45) is 0 Å². The molecular weight excluding hydrogens is 584 g/mol. The third-order valence-corrected chi connectivity index (χ3v) is 9.13. The van der Waals surface area contributed by atoms with Gasteiger partial charge >= 0.3 is 6.09 Å². The Morgan fingerprint density at radius 2 is 1.57 bits per heavy atom. The summed E-state index contributed by atoms with van der Waals surface area (Å²) in [5.74, 6) is -0.868. The number of alkyl carbamates (subject to hydrolysis) is 1. The Bertz CT molecular complexity index is 1460. The van der Waals surface area contributed by atoms with E-state index in [4.69, 9.17) is 9.47 Å². The van der Waals surface area contributed by atoms with Crippen molar-refractivity contribution >= 4 is 33.6 Å². The molecule has 1 saturated heterocycles. The topological polar surface area (TPSA) is 134 Å². The van der Waals surface area contributed by atoms with Crippen molar-refractivity contribution in [2.75, 3.05) is 36.8 Å². The van der Waals surface area contributed by atoms with Gasteiger partial charge in [-0.05, 0) is 64.7 Å². The van der Waals surface area contributed by atoms with Crippen LogP contribution in [0.1, 0.15) is 58.6 Å². The molecule has 44 heavy (non-hydrogen) atoms. The van der Waals surface area contributed by atoms with Crippen LogP contribution in [-0.2, 0) is 41.1 Å². The molecule has 1 atom stereocenters. The summed E-state index contributed by atoms with van der Waals surface area (Å²) >= 11 is 0. The van der Waals surface area contributed by atoms with Gasteiger partial charge in [-0.15, -0.1) is 0 Å². The molecule has 0 radical (unpaired) electrons. The van der Waals surface area contributed by atoms with Crippen LogP contribution in [0.4, 0.5) is 10.5 Å². The second kappa shape index (κ2) is 12.8. The van der Waals surface area contributed by atoms with Crippen LogP contribution in [0, 0.1) is 0 Å². The van der Waals surface area contributed by atoms with Gasteiger partial charge in [0.2, 0.25) is 21.8 Å². The van der Waals surface area contributed by atoms with E-state index < -0.39 is 44.6 Å². The fraction of sp³-hybridized carbons (Fsp3) is 0.531. The zero-order chi connectivity index (χ0) is 32.3. The van der Waals surface area contributed by atoms with Gasteiger partial charge in [-0.3, -0.25) is 13.9 Å². The number of hydrogen-bond donors (Lipinski definition) is 2. The molecule has 11 nitrogen and oxygen atoms in total. The molecule has 2 aliphatic rings. The second-order valence-electron chi connectivity index (χ2n) is 13.2. The van der Waals surface area contributed by atoms with Crippen molar-refractivity contribution in [3.8, 4) is 0 Å². The van der Waals surface area contributed by atoms with Crippen LogP contribution in [0.3, 0.4) is 0 Å². The van der Waals surface area contributed by atoms with Crippen LogP contribution < -0.4 is 14.9 Å². The third-order valence-electron chi connectivity index (χ3n) is 8.00. The van der Waals surface area contributed by atoms with Crippen LogP contribution in [0.25, 0.3) is 0 Å². The average Bonchev–Trinajstić information content (AvgIpc) is 3.26. The molecular formula is C32H44N4O7S. The first kappa shape index (κ1) is 33.3. The molecule has 1 fully saturated rings. The average molecular weight is 629 g/mol. The van der Waals surface area contributed by atoms with Gasteiger partial charge in [-0.25, -0.2) is 13.2 Å². The van der Waals surface area contributed by atoms with Gasteiger partial charge < -0.3 is 25.0 Å². The van der Waals surface area contributed by atoms with Crippen molar-refractivity contribution in [1.29, 1.82) is 0 Å². The monoisotopic (exact) mass is 628 g/mol. The van der Waals surface area contributed by atoms with Crippen molar-refractivity contribution < 1.29 is 32.3 Å². The van der Waals surface area contributed by atoms with Gasteiger partial charge in [-0.1, -0.05) is 48.5 Å². The van der Waals surface area contributed by atoms with E-state index >= 15 is 0 Å². The molecule has 1 unspecified atom stereocenters. The molecule has 1 spiro atoms. The maximum absolute atomic E-state index is 13.9. The van der Waals surface area contributed by atoms with Crippen LogP contribution in [0.2, 0.25) is 0 Å². The highest BCUT2D eigenvalue weighted by atomic mass is 32.2. The minimum absolute atomic E-state index is 0.0751. The third kappa shape index (κ3) is 7.89. The zero-order valence-corrected chi connectivity index (χ0v) is 27.2. The van der Waals surface area contributed by atoms with Crippen molar-refractivity contribution in [3.63, 3.8) is 0 Å². The number of sulfonamides is 1. The molecule has 240 valence electrons. The normalized spacial score (nSPS) is 17.1. The van der Waals surface area contributed by atoms with Crippen LogP contribution in [-0.4, -0.2) is 80.9 Å². The summed E-state index contributed by atoms with van der Waals surface area (Å²) in [5.41, 5.74) is 0.0574. The lowest BCUT2D eigenvalue weighted by atomic mass is 9.74. The maximum atomic E-state index is 13.9. The number of benzene rings is 2. The molecule has 3 amide bonds. The molecule has 2 N–H and O–H groups in total. The highest BCUT2D eigenvalue weighted by Crippen LogP contribution is 2.47. The van der Waals surface area contributed by atoms with E-state index in [2.05, 4.69) is 10.6 Å². The molecule has 0 aliphatic carbocycles. The quantitative estimate of drug-likeness (QED) is 0.435. The standard InChI is InChI=1S/C32H44N4O7S/c1-30(2,3)43-29(39)34-31(4,5)28(38)33-25(21-42-20-23-12-8-7-9-13-23)27(37)35-18-16-32(17-19-35)22-36(44(6,40)41)26-15-11-10-14-24(26)32/h7-15,25H,16-22H2,1-6H3,(H,33,38)(H,34,39). The number of carbonyl (C=O) groups excluding carboxylic acids is 3. The number of nitrogens with zero attached hydrogens (tertiary/aromatic N) is 2. The first-order chi connectivity index (χ1) is 20.5. The Balaban J connectivity index is 1.47. The van der Waals surface area contributed by atoms with Gasteiger partial charge in [0, 0.05) is 25.0 Å². The smallest absolute Gasteiger partial charge is 0.408 e. The number of hydrogen-bond acceptors (Lipinski definition) is 7. The van der Waals surface area contributed by atoms with Crippen molar-refractivity contribution in [2.45, 2.75) is 76.7 Å². The molecule has 4 rings (SSSR count). The number of anilines is 1. The summed E-state index contributed by atoms with van der Waals surface area (Å²) in [7, 11) is -3.46. The Morgan fingerprint density at radius 1 is 0.955 bits per heavy atom. The lowest BCUT2D eigenvalue weighted by Gasteiger charge is -2.41. The summed E-state index contributed by atoms with van der Waals surface area (Å²) in [6.45, 7) is 9.53. The van der Waals surface area contributed by atoms with Crippen molar-refractivity contribution in [1.82, 2.24) is 15.5 Å². The highest BCUT2D eigenvalue weighted by Gasteiger charge is 2.48. The number of likely N-dealkylation sites (tertiary alicyclic amines) is 1. The largest absolute Gasteiger partial charge is 0.444 e. The summed E-state index contributed by atoms with van der Waals surface area (Å²) < 4.78 is 37.8. The van der Waals surface area contributed by atoms with Crippen LogP contribution in [0.15, 0.2) is 54.6 Å². The number of nitrogens with one attached hydrogen (secondary N) is 2. The van der Waals surface area contributed by atoms with Gasteiger partial charge in [0.15, 0.2) is 0 Å². The van der Waals surface area contributed by atoms with E-state index in [1.165, 1.54) is 24.4 Å². The molecule has 0 aromatic heterocycles. The number of piperidine rings is 1. The molecule has 2 aromatic carbocycles. The van der Waals surface area contributed by atoms with E-state index in [-0.39, 0.29) is 19.1 Å². The van der Waals surface area contributed by atoms with Gasteiger partial charge in [0.1, 0.15) is 17.2 Å².